The molecular weight excluding hydrogens is 354 g/mol. The van der Waals surface area contributed by atoms with Gasteiger partial charge in [-0.05, 0) is 103 Å². The van der Waals surface area contributed by atoms with Crippen LogP contribution in [0.25, 0.3) is 16.6 Å². The molecule has 0 radical (unpaired) electrons. The second kappa shape index (κ2) is 6.11. The smallest absolute Gasteiger partial charge is 0.0596 e. The zero-order valence-electron chi connectivity index (χ0n) is 17.8. The van der Waals surface area contributed by atoms with Gasteiger partial charge in [0.25, 0.3) is 0 Å². The lowest BCUT2D eigenvalue weighted by molar-refractivity contribution is -0.0623. The summed E-state index contributed by atoms with van der Waals surface area (Å²) in [5.41, 5.74) is 4.84. The highest BCUT2D eigenvalue weighted by atomic mass is 16.3. The first-order chi connectivity index (χ1) is 14.0. The van der Waals surface area contributed by atoms with Gasteiger partial charge in [0.15, 0.2) is 0 Å². The summed E-state index contributed by atoms with van der Waals surface area (Å²) < 4.78 is 2.41. The van der Waals surface area contributed by atoms with E-state index in [1.54, 1.807) is 5.57 Å². The highest BCUT2D eigenvalue weighted by molar-refractivity contribution is 5.83. The fraction of sp³-hybridized carbons (Fsp3) is 0.556. The number of benzene rings is 1. The predicted molar refractivity (Wildman–Crippen MR) is 119 cm³/mol. The summed E-state index contributed by atoms with van der Waals surface area (Å²) in [6.45, 7) is 4.92. The van der Waals surface area contributed by atoms with Gasteiger partial charge in [-0.1, -0.05) is 38.1 Å². The summed E-state index contributed by atoms with van der Waals surface area (Å²) in [6, 6.07) is 11.0. The highest BCUT2D eigenvalue weighted by Crippen LogP contribution is 2.64. The Balaban J connectivity index is 1.37. The van der Waals surface area contributed by atoms with Gasteiger partial charge in [0.2, 0.25) is 0 Å². The molecule has 2 saturated carbocycles. The molecule has 2 fully saturated rings. The molecule has 29 heavy (non-hydrogen) atoms. The molecule has 2 nitrogen and oxygen atoms in total. The molecule has 0 bridgehead atoms. The SMILES string of the molecule is C[C@]12CC[C@H]3[C@@H](CC=C4C=C(n5ccc6ccccc65)CC[C@@]43C)[C@@H]1CC[C@@H]2O. The Hall–Kier alpha value is -1.80. The molecule has 2 heteroatoms. The Kier molecular flexibility index (Phi) is 3.79. The van der Waals surface area contributed by atoms with E-state index in [9.17, 15) is 5.11 Å². The van der Waals surface area contributed by atoms with Gasteiger partial charge in [-0.15, -0.1) is 0 Å². The predicted octanol–water partition coefficient (Wildman–Crippen LogP) is 6.42. The third-order valence-electron chi connectivity index (χ3n) is 9.61. The lowest BCUT2D eigenvalue weighted by atomic mass is 9.48. The van der Waals surface area contributed by atoms with E-state index >= 15 is 0 Å². The number of para-hydroxylation sites is 1. The van der Waals surface area contributed by atoms with Crippen molar-refractivity contribution in [2.45, 2.75) is 64.9 Å². The summed E-state index contributed by atoms with van der Waals surface area (Å²) in [5.74, 6) is 2.26. The second-order valence-electron chi connectivity index (χ2n) is 10.7. The van der Waals surface area contributed by atoms with Crippen LogP contribution in [0, 0.1) is 28.6 Å². The van der Waals surface area contributed by atoms with Crippen LogP contribution in [0.5, 0.6) is 0 Å². The standard InChI is InChI=1S/C27H33NO/c1-26-14-11-20(28-16-13-18-5-3-4-6-24(18)28)17-19(26)7-8-21-22-9-10-25(29)27(22,2)15-12-23(21)26/h3-7,13,16-17,21-23,25,29H,8-12,14-15H2,1-2H3/t21-,22-,23-,25-,26-,27-/m0/s1. The van der Waals surface area contributed by atoms with Gasteiger partial charge in [0, 0.05) is 11.9 Å². The molecule has 152 valence electrons. The zero-order valence-corrected chi connectivity index (χ0v) is 17.8. The number of aliphatic hydroxyl groups is 1. The van der Waals surface area contributed by atoms with Crippen molar-refractivity contribution >= 4 is 16.6 Å². The topological polar surface area (TPSA) is 25.2 Å². The molecule has 6 rings (SSSR count). The van der Waals surface area contributed by atoms with Gasteiger partial charge >= 0.3 is 0 Å². The first-order valence-corrected chi connectivity index (χ1v) is 11.7. The van der Waals surface area contributed by atoms with Gasteiger partial charge < -0.3 is 9.67 Å². The average Bonchev–Trinajstić information content (AvgIpc) is 3.29. The van der Waals surface area contributed by atoms with E-state index in [0.717, 1.165) is 24.7 Å². The van der Waals surface area contributed by atoms with E-state index in [0.29, 0.717) is 11.3 Å². The zero-order chi connectivity index (χ0) is 19.8. The van der Waals surface area contributed by atoms with Crippen molar-refractivity contribution in [3.8, 4) is 0 Å². The Morgan fingerprint density at radius 2 is 1.86 bits per heavy atom. The third kappa shape index (κ3) is 2.39. The van der Waals surface area contributed by atoms with Crippen molar-refractivity contribution in [3.05, 3.63) is 54.3 Å². The monoisotopic (exact) mass is 387 g/mol. The molecule has 1 aromatic heterocycles. The molecular formula is C27H33NO. The third-order valence-corrected chi connectivity index (χ3v) is 9.61. The minimum Gasteiger partial charge on any atom is -0.393 e. The van der Waals surface area contributed by atoms with Crippen molar-refractivity contribution in [2.75, 3.05) is 0 Å². The minimum atomic E-state index is -0.0773. The van der Waals surface area contributed by atoms with Gasteiger partial charge in [-0.25, -0.2) is 0 Å². The normalized spacial score (nSPS) is 41.3. The van der Waals surface area contributed by atoms with Crippen LogP contribution in [-0.4, -0.2) is 15.8 Å². The van der Waals surface area contributed by atoms with Crippen LogP contribution < -0.4 is 0 Å². The molecule has 6 atom stereocenters. The summed E-state index contributed by atoms with van der Waals surface area (Å²) in [6.07, 6.45) is 15.6. The first-order valence-electron chi connectivity index (χ1n) is 11.7. The van der Waals surface area contributed by atoms with Crippen LogP contribution in [-0.2, 0) is 0 Å². The van der Waals surface area contributed by atoms with E-state index in [2.05, 4.69) is 67.1 Å². The largest absolute Gasteiger partial charge is 0.393 e. The Bertz CT molecular complexity index is 1030. The molecule has 0 amide bonds. The molecule has 0 saturated heterocycles. The van der Waals surface area contributed by atoms with E-state index < -0.39 is 0 Å². The van der Waals surface area contributed by atoms with Crippen molar-refractivity contribution in [1.82, 2.24) is 4.57 Å². The van der Waals surface area contributed by atoms with Gasteiger partial charge in [0.05, 0.1) is 11.6 Å². The van der Waals surface area contributed by atoms with E-state index in [1.165, 1.54) is 48.7 Å². The van der Waals surface area contributed by atoms with Crippen LogP contribution in [0.1, 0.15) is 58.8 Å². The number of nitrogens with zero attached hydrogens (tertiary/aromatic N) is 1. The van der Waals surface area contributed by atoms with Crippen LogP contribution >= 0.6 is 0 Å². The minimum absolute atomic E-state index is 0.0773. The number of aliphatic hydroxyl groups excluding tert-OH is 1. The molecule has 2 aromatic rings. The molecule has 0 aliphatic heterocycles. The van der Waals surface area contributed by atoms with E-state index in [1.807, 2.05) is 0 Å². The fourth-order valence-electron chi connectivity index (χ4n) is 7.81. The van der Waals surface area contributed by atoms with Crippen LogP contribution in [0.2, 0.25) is 0 Å². The molecule has 1 N–H and O–H groups in total. The number of rotatable bonds is 1. The second-order valence-corrected chi connectivity index (χ2v) is 10.7. The first kappa shape index (κ1) is 18.0. The highest BCUT2D eigenvalue weighted by Gasteiger charge is 2.58. The lowest BCUT2D eigenvalue weighted by Crippen LogP contribution is -2.50. The quantitative estimate of drug-likeness (QED) is 0.600. The van der Waals surface area contributed by atoms with Crippen molar-refractivity contribution in [1.29, 1.82) is 0 Å². The molecule has 4 aliphatic carbocycles. The Labute approximate surface area is 174 Å². The number of hydrogen-bond donors (Lipinski definition) is 1. The average molecular weight is 388 g/mol. The maximum atomic E-state index is 10.7. The maximum Gasteiger partial charge on any atom is 0.0596 e. The summed E-state index contributed by atoms with van der Waals surface area (Å²) in [4.78, 5) is 0. The summed E-state index contributed by atoms with van der Waals surface area (Å²) in [7, 11) is 0. The van der Waals surface area contributed by atoms with E-state index in [-0.39, 0.29) is 11.5 Å². The number of fused-ring (bicyclic) bond motifs is 6. The molecule has 0 unspecified atom stereocenters. The van der Waals surface area contributed by atoms with Crippen LogP contribution in [0.4, 0.5) is 0 Å². The van der Waals surface area contributed by atoms with Gasteiger partial charge in [-0.3, -0.25) is 0 Å². The molecule has 4 aliphatic rings. The fourth-order valence-corrected chi connectivity index (χ4v) is 7.81. The van der Waals surface area contributed by atoms with Gasteiger partial charge in [0.1, 0.15) is 0 Å². The van der Waals surface area contributed by atoms with Gasteiger partial charge in [-0.2, -0.15) is 0 Å². The van der Waals surface area contributed by atoms with Crippen molar-refractivity contribution in [3.63, 3.8) is 0 Å². The van der Waals surface area contributed by atoms with Crippen LogP contribution in [0.15, 0.2) is 54.3 Å². The molecule has 1 aromatic carbocycles. The number of hydrogen-bond acceptors (Lipinski definition) is 1. The van der Waals surface area contributed by atoms with Crippen molar-refractivity contribution < 1.29 is 5.11 Å². The number of allylic oxidation sites excluding steroid dienone is 4. The molecule has 0 spiro atoms. The number of aromatic nitrogens is 1. The Morgan fingerprint density at radius 3 is 2.76 bits per heavy atom. The molecule has 1 heterocycles. The van der Waals surface area contributed by atoms with Crippen LogP contribution in [0.3, 0.4) is 0 Å². The van der Waals surface area contributed by atoms with Crippen molar-refractivity contribution in [2.24, 2.45) is 28.6 Å². The Morgan fingerprint density at radius 1 is 1.00 bits per heavy atom. The summed E-state index contributed by atoms with van der Waals surface area (Å²) >= 11 is 0. The summed E-state index contributed by atoms with van der Waals surface area (Å²) in [5, 5.41) is 12.0. The lowest BCUT2D eigenvalue weighted by Gasteiger charge is -2.56. The van der Waals surface area contributed by atoms with E-state index in [4.69, 9.17) is 0 Å². The maximum absolute atomic E-state index is 10.7.